The minimum Gasteiger partial charge on any atom is -0.490 e. The molecule has 140 valence electrons. The lowest BCUT2D eigenvalue weighted by Crippen LogP contribution is -2.45. The second kappa shape index (κ2) is 8.11. The summed E-state index contributed by atoms with van der Waals surface area (Å²) < 4.78 is 32.0. The average Bonchev–Trinajstić information content (AvgIpc) is 2.61. The second-order valence-electron chi connectivity index (χ2n) is 6.18. The van der Waals surface area contributed by atoms with Crippen LogP contribution in [-0.4, -0.2) is 62.4 Å². The number of nitro groups is 1. The van der Waals surface area contributed by atoms with E-state index in [1.807, 2.05) is 0 Å². The van der Waals surface area contributed by atoms with Crippen molar-refractivity contribution in [3.05, 3.63) is 28.3 Å². The van der Waals surface area contributed by atoms with E-state index in [0.717, 1.165) is 45.0 Å². The molecule has 0 N–H and O–H groups in total. The van der Waals surface area contributed by atoms with E-state index in [-0.39, 0.29) is 22.4 Å². The Balaban J connectivity index is 2.21. The second-order valence-corrected chi connectivity index (χ2v) is 8.18. The molecule has 1 saturated heterocycles. The van der Waals surface area contributed by atoms with Crippen molar-refractivity contribution in [2.24, 2.45) is 0 Å². The van der Waals surface area contributed by atoms with Gasteiger partial charge in [0.05, 0.1) is 16.9 Å². The molecule has 0 bridgehead atoms. The predicted molar refractivity (Wildman–Crippen MR) is 94.4 cm³/mol. The van der Waals surface area contributed by atoms with Crippen LogP contribution in [0.2, 0.25) is 0 Å². The van der Waals surface area contributed by atoms with E-state index in [9.17, 15) is 18.5 Å². The van der Waals surface area contributed by atoms with Gasteiger partial charge in [-0.05, 0) is 51.0 Å². The molecule has 0 radical (unpaired) electrons. The summed E-state index contributed by atoms with van der Waals surface area (Å²) in [4.78, 5) is 12.7. The molecule has 1 aliphatic heterocycles. The molecule has 1 aromatic carbocycles. The van der Waals surface area contributed by atoms with Crippen LogP contribution in [0.1, 0.15) is 26.2 Å². The normalized spacial score (nSPS) is 17.0. The SMILES string of the molecule is CCCN1CCC(N(C)S(=O)(=O)c2ccc(OC)c([N+](=O)[O-])c2)CC1. The number of nitro benzene ring substituents is 1. The summed E-state index contributed by atoms with van der Waals surface area (Å²) in [6, 6.07) is 3.64. The molecule has 0 saturated carbocycles. The molecule has 8 nitrogen and oxygen atoms in total. The highest BCUT2D eigenvalue weighted by atomic mass is 32.2. The monoisotopic (exact) mass is 371 g/mol. The van der Waals surface area contributed by atoms with Crippen molar-refractivity contribution in [1.29, 1.82) is 0 Å². The molecule has 0 amide bonds. The molecule has 25 heavy (non-hydrogen) atoms. The highest BCUT2D eigenvalue weighted by molar-refractivity contribution is 7.89. The summed E-state index contributed by atoms with van der Waals surface area (Å²) in [5.41, 5.74) is -0.352. The number of sulfonamides is 1. The predicted octanol–water partition coefficient (Wildman–Crippen LogP) is 2.10. The van der Waals surface area contributed by atoms with Gasteiger partial charge in [-0.1, -0.05) is 6.92 Å². The maximum atomic E-state index is 12.9. The fourth-order valence-corrected chi connectivity index (χ4v) is 4.59. The summed E-state index contributed by atoms with van der Waals surface area (Å²) in [7, 11) is -0.935. The third kappa shape index (κ3) is 4.28. The largest absolute Gasteiger partial charge is 0.490 e. The molecule has 9 heteroatoms. The molecule has 1 aromatic rings. The lowest BCUT2D eigenvalue weighted by Gasteiger charge is -2.36. The Morgan fingerprint density at radius 2 is 2.00 bits per heavy atom. The minimum atomic E-state index is -3.79. The van der Waals surface area contributed by atoms with Crippen LogP contribution >= 0.6 is 0 Å². The fourth-order valence-electron chi connectivity index (χ4n) is 3.16. The Morgan fingerprint density at radius 3 is 2.52 bits per heavy atom. The molecule has 0 aromatic heterocycles. The Morgan fingerprint density at radius 1 is 1.36 bits per heavy atom. The van der Waals surface area contributed by atoms with E-state index >= 15 is 0 Å². The molecule has 1 fully saturated rings. The van der Waals surface area contributed by atoms with Crippen molar-refractivity contribution in [2.75, 3.05) is 33.8 Å². The Kier molecular flexibility index (Phi) is 6.36. The molecule has 0 unspecified atom stereocenters. The van der Waals surface area contributed by atoms with E-state index in [0.29, 0.717) is 0 Å². The first-order chi connectivity index (χ1) is 11.8. The Bertz CT molecular complexity index is 714. The standard InChI is InChI=1S/C16H25N3O5S/c1-4-9-18-10-7-13(8-11-18)17(2)25(22,23)14-5-6-16(24-3)15(12-14)19(20)21/h5-6,12-13H,4,7-11H2,1-3H3. The van der Waals surface area contributed by atoms with Crippen molar-refractivity contribution in [3.63, 3.8) is 0 Å². The first kappa shape index (κ1) is 19.6. The van der Waals surface area contributed by atoms with Crippen LogP contribution in [0.4, 0.5) is 5.69 Å². The third-order valence-electron chi connectivity index (χ3n) is 4.64. The van der Waals surface area contributed by atoms with Gasteiger partial charge in [-0.15, -0.1) is 0 Å². The van der Waals surface area contributed by atoms with Crippen LogP contribution in [0.5, 0.6) is 5.75 Å². The first-order valence-corrected chi connectivity index (χ1v) is 9.78. The van der Waals surface area contributed by atoms with Crippen molar-refractivity contribution in [1.82, 2.24) is 9.21 Å². The zero-order chi connectivity index (χ0) is 18.6. The summed E-state index contributed by atoms with van der Waals surface area (Å²) >= 11 is 0. The van der Waals surface area contributed by atoms with Crippen LogP contribution < -0.4 is 4.74 Å². The quantitative estimate of drug-likeness (QED) is 0.538. The van der Waals surface area contributed by atoms with E-state index in [2.05, 4.69) is 11.8 Å². The summed E-state index contributed by atoms with van der Waals surface area (Å²) in [5.74, 6) is 0.0412. The smallest absolute Gasteiger partial charge is 0.312 e. The van der Waals surface area contributed by atoms with Gasteiger partial charge in [0.25, 0.3) is 0 Å². The topological polar surface area (TPSA) is 93.0 Å². The van der Waals surface area contributed by atoms with Gasteiger partial charge in [0.15, 0.2) is 5.75 Å². The maximum Gasteiger partial charge on any atom is 0.312 e. The molecule has 1 aliphatic rings. The van der Waals surface area contributed by atoms with Gasteiger partial charge >= 0.3 is 5.69 Å². The maximum absolute atomic E-state index is 12.9. The van der Waals surface area contributed by atoms with Crippen LogP contribution in [-0.2, 0) is 10.0 Å². The molecular formula is C16H25N3O5S. The summed E-state index contributed by atoms with van der Waals surface area (Å²) in [6.07, 6.45) is 2.59. The van der Waals surface area contributed by atoms with Gasteiger partial charge in [-0.2, -0.15) is 4.31 Å². The molecule has 1 heterocycles. The van der Waals surface area contributed by atoms with Gasteiger partial charge in [-0.25, -0.2) is 8.42 Å². The van der Waals surface area contributed by atoms with Crippen LogP contribution in [0.15, 0.2) is 23.1 Å². The molecule has 0 atom stereocenters. The number of rotatable bonds is 7. The van der Waals surface area contributed by atoms with Crippen LogP contribution in [0.3, 0.4) is 0 Å². The van der Waals surface area contributed by atoms with E-state index in [1.165, 1.54) is 23.5 Å². The van der Waals surface area contributed by atoms with Crippen LogP contribution in [0, 0.1) is 10.1 Å². The van der Waals surface area contributed by atoms with Gasteiger partial charge < -0.3 is 9.64 Å². The van der Waals surface area contributed by atoms with Crippen LogP contribution in [0.25, 0.3) is 0 Å². The van der Waals surface area contributed by atoms with Crippen molar-refractivity contribution in [3.8, 4) is 5.75 Å². The summed E-state index contributed by atoms with van der Waals surface area (Å²) in [5, 5.41) is 11.1. The molecular weight excluding hydrogens is 346 g/mol. The zero-order valence-electron chi connectivity index (χ0n) is 14.8. The third-order valence-corrected chi connectivity index (χ3v) is 6.54. The number of methoxy groups -OCH3 is 1. The molecule has 0 spiro atoms. The number of hydrogen-bond acceptors (Lipinski definition) is 6. The Labute approximate surface area is 148 Å². The van der Waals surface area contributed by atoms with E-state index < -0.39 is 14.9 Å². The molecule has 0 aliphatic carbocycles. The average molecular weight is 371 g/mol. The highest BCUT2D eigenvalue weighted by Gasteiger charge is 2.32. The van der Waals surface area contributed by atoms with E-state index in [4.69, 9.17) is 4.74 Å². The lowest BCUT2D eigenvalue weighted by atomic mass is 10.1. The van der Waals surface area contributed by atoms with Gasteiger partial charge in [0, 0.05) is 19.2 Å². The molecule has 2 rings (SSSR count). The van der Waals surface area contributed by atoms with E-state index in [1.54, 1.807) is 7.05 Å². The Hall–Kier alpha value is -1.71. The summed E-state index contributed by atoms with van der Waals surface area (Å²) in [6.45, 7) is 4.87. The van der Waals surface area contributed by atoms with Gasteiger partial charge in [0.2, 0.25) is 10.0 Å². The zero-order valence-corrected chi connectivity index (χ0v) is 15.7. The number of ether oxygens (including phenoxy) is 1. The van der Waals surface area contributed by atoms with Crippen molar-refractivity contribution >= 4 is 15.7 Å². The van der Waals surface area contributed by atoms with Crippen molar-refractivity contribution in [2.45, 2.75) is 37.1 Å². The minimum absolute atomic E-state index is 0.0412. The number of nitrogens with zero attached hydrogens (tertiary/aromatic N) is 3. The number of benzene rings is 1. The van der Waals surface area contributed by atoms with Gasteiger partial charge in [-0.3, -0.25) is 10.1 Å². The first-order valence-electron chi connectivity index (χ1n) is 8.34. The fraction of sp³-hybridized carbons (Fsp3) is 0.625. The van der Waals surface area contributed by atoms with Gasteiger partial charge in [0.1, 0.15) is 0 Å². The lowest BCUT2D eigenvalue weighted by molar-refractivity contribution is -0.386. The highest BCUT2D eigenvalue weighted by Crippen LogP contribution is 2.31. The van der Waals surface area contributed by atoms with Crippen molar-refractivity contribution < 1.29 is 18.1 Å². The number of piperidine rings is 1. The number of hydrogen-bond donors (Lipinski definition) is 0. The number of likely N-dealkylation sites (tertiary alicyclic amines) is 1.